The highest BCUT2D eigenvalue weighted by Crippen LogP contribution is 2.37. The smallest absolute Gasteiger partial charge is 0.106 e. The van der Waals surface area contributed by atoms with Crippen LogP contribution in [-0.4, -0.2) is 4.98 Å². The number of thiazole rings is 1. The van der Waals surface area contributed by atoms with Gasteiger partial charge < -0.3 is 5.32 Å². The van der Waals surface area contributed by atoms with E-state index in [1.54, 1.807) is 11.3 Å². The first-order valence-electron chi connectivity index (χ1n) is 6.55. The average Bonchev–Trinajstić information content (AvgIpc) is 2.92. The van der Waals surface area contributed by atoms with E-state index in [9.17, 15) is 0 Å². The van der Waals surface area contributed by atoms with E-state index in [1.165, 1.54) is 29.0 Å². The van der Waals surface area contributed by atoms with Crippen LogP contribution in [0.5, 0.6) is 0 Å². The Morgan fingerprint density at radius 3 is 2.89 bits per heavy atom. The summed E-state index contributed by atoms with van der Waals surface area (Å²) < 4.78 is 0. The van der Waals surface area contributed by atoms with E-state index < -0.39 is 0 Å². The number of nitrogens with zero attached hydrogens (tertiary/aromatic N) is 1. The number of nitrogens with one attached hydrogen (secondary N) is 1. The van der Waals surface area contributed by atoms with Gasteiger partial charge in [0.2, 0.25) is 0 Å². The Morgan fingerprint density at radius 1 is 1.28 bits per heavy atom. The fourth-order valence-electron chi connectivity index (χ4n) is 2.77. The normalized spacial score (nSPS) is 22.7. The Kier molecular flexibility index (Phi) is 3.43. The molecule has 1 aliphatic rings. The summed E-state index contributed by atoms with van der Waals surface area (Å²) in [5.74, 6) is 0.694. The Hall–Kier alpha value is -1.19. The zero-order valence-corrected chi connectivity index (χ0v) is 11.4. The minimum absolute atomic E-state index is 0.487. The van der Waals surface area contributed by atoms with Crippen molar-refractivity contribution in [3.8, 4) is 0 Å². The Morgan fingerprint density at radius 2 is 2.11 bits per heavy atom. The van der Waals surface area contributed by atoms with Crippen LogP contribution in [0.4, 0.5) is 0 Å². The quantitative estimate of drug-likeness (QED) is 0.904. The molecule has 3 heteroatoms. The lowest BCUT2D eigenvalue weighted by atomic mass is 9.81. The van der Waals surface area contributed by atoms with E-state index in [0.29, 0.717) is 12.0 Å². The van der Waals surface area contributed by atoms with Gasteiger partial charge in [-0.3, -0.25) is 0 Å². The third kappa shape index (κ3) is 2.33. The SMILES string of the molecule is CC1CCC(NCc2nccs2)c2ccccc21. The zero-order valence-electron chi connectivity index (χ0n) is 10.6. The maximum absolute atomic E-state index is 4.33. The van der Waals surface area contributed by atoms with Crippen molar-refractivity contribution in [3.63, 3.8) is 0 Å². The molecule has 0 saturated carbocycles. The van der Waals surface area contributed by atoms with Crippen molar-refractivity contribution < 1.29 is 0 Å². The highest BCUT2D eigenvalue weighted by atomic mass is 32.1. The van der Waals surface area contributed by atoms with E-state index in [-0.39, 0.29) is 0 Å². The first-order valence-corrected chi connectivity index (χ1v) is 7.43. The van der Waals surface area contributed by atoms with E-state index in [4.69, 9.17) is 0 Å². The molecule has 0 radical (unpaired) electrons. The van der Waals surface area contributed by atoms with Gasteiger partial charge in [0.1, 0.15) is 5.01 Å². The second kappa shape index (κ2) is 5.21. The molecule has 1 aromatic heterocycles. The summed E-state index contributed by atoms with van der Waals surface area (Å²) in [6.07, 6.45) is 4.37. The predicted octanol–water partition coefficient (Wildman–Crippen LogP) is 3.87. The lowest BCUT2D eigenvalue weighted by Gasteiger charge is -2.30. The molecule has 1 N–H and O–H groups in total. The van der Waals surface area contributed by atoms with Crippen LogP contribution in [0.1, 0.15) is 47.9 Å². The van der Waals surface area contributed by atoms with E-state index in [2.05, 4.69) is 41.5 Å². The second-order valence-electron chi connectivity index (χ2n) is 4.97. The molecule has 1 heterocycles. The Balaban J connectivity index is 1.76. The van der Waals surface area contributed by atoms with Gasteiger partial charge in [-0.2, -0.15) is 0 Å². The van der Waals surface area contributed by atoms with Crippen LogP contribution in [0, 0.1) is 0 Å². The molecule has 0 spiro atoms. The van der Waals surface area contributed by atoms with Crippen molar-refractivity contribution in [2.24, 2.45) is 0 Å². The third-order valence-electron chi connectivity index (χ3n) is 3.77. The van der Waals surface area contributed by atoms with E-state index in [1.807, 2.05) is 11.6 Å². The molecule has 0 fully saturated rings. The van der Waals surface area contributed by atoms with Gasteiger partial charge in [0.15, 0.2) is 0 Å². The number of aromatic nitrogens is 1. The molecule has 2 nitrogen and oxygen atoms in total. The Labute approximate surface area is 112 Å². The van der Waals surface area contributed by atoms with Gasteiger partial charge in [0.25, 0.3) is 0 Å². The molecule has 2 unspecified atom stereocenters. The van der Waals surface area contributed by atoms with Gasteiger partial charge in [-0.1, -0.05) is 31.2 Å². The summed E-state index contributed by atoms with van der Waals surface area (Å²) in [4.78, 5) is 4.33. The topological polar surface area (TPSA) is 24.9 Å². The molecule has 0 amide bonds. The molecule has 0 aliphatic heterocycles. The molecular formula is C15H18N2S. The first kappa shape index (κ1) is 11.9. The maximum atomic E-state index is 4.33. The number of benzene rings is 1. The van der Waals surface area contributed by atoms with Crippen LogP contribution in [-0.2, 0) is 6.54 Å². The van der Waals surface area contributed by atoms with Crippen LogP contribution < -0.4 is 5.32 Å². The van der Waals surface area contributed by atoms with Crippen LogP contribution in [0.3, 0.4) is 0 Å². The summed E-state index contributed by atoms with van der Waals surface area (Å²) in [6, 6.07) is 9.33. The van der Waals surface area contributed by atoms with Crippen molar-refractivity contribution in [1.29, 1.82) is 0 Å². The highest BCUT2D eigenvalue weighted by Gasteiger charge is 2.23. The fourth-order valence-corrected chi connectivity index (χ4v) is 3.33. The molecule has 2 atom stereocenters. The van der Waals surface area contributed by atoms with Gasteiger partial charge in [0, 0.05) is 24.2 Å². The van der Waals surface area contributed by atoms with Gasteiger partial charge in [0.05, 0.1) is 0 Å². The molecule has 94 valence electrons. The average molecular weight is 258 g/mol. The molecule has 3 rings (SSSR count). The number of hydrogen-bond acceptors (Lipinski definition) is 3. The zero-order chi connectivity index (χ0) is 12.4. The molecular weight excluding hydrogens is 240 g/mol. The van der Waals surface area contributed by atoms with Crippen molar-refractivity contribution in [3.05, 3.63) is 52.0 Å². The molecule has 18 heavy (non-hydrogen) atoms. The predicted molar refractivity (Wildman–Crippen MR) is 75.8 cm³/mol. The summed E-state index contributed by atoms with van der Waals surface area (Å²) in [5, 5.41) is 6.86. The molecule has 0 saturated heterocycles. The lowest BCUT2D eigenvalue weighted by molar-refractivity contribution is 0.431. The molecule has 1 aromatic carbocycles. The Bertz CT molecular complexity index is 507. The number of rotatable bonds is 3. The van der Waals surface area contributed by atoms with E-state index in [0.717, 1.165) is 6.54 Å². The van der Waals surface area contributed by atoms with Crippen molar-refractivity contribution >= 4 is 11.3 Å². The van der Waals surface area contributed by atoms with Crippen LogP contribution in [0.15, 0.2) is 35.8 Å². The monoisotopic (exact) mass is 258 g/mol. The largest absolute Gasteiger partial charge is 0.304 e. The number of fused-ring (bicyclic) bond motifs is 1. The van der Waals surface area contributed by atoms with Crippen LogP contribution in [0.2, 0.25) is 0 Å². The summed E-state index contributed by atoms with van der Waals surface area (Å²) >= 11 is 1.72. The molecule has 2 aromatic rings. The molecule has 1 aliphatic carbocycles. The third-order valence-corrected chi connectivity index (χ3v) is 4.55. The summed E-state index contributed by atoms with van der Waals surface area (Å²) in [6.45, 7) is 3.21. The van der Waals surface area contributed by atoms with E-state index >= 15 is 0 Å². The standard InChI is InChI=1S/C15H18N2S/c1-11-6-7-14(13-5-3-2-4-12(11)13)17-10-15-16-8-9-18-15/h2-5,8-9,11,14,17H,6-7,10H2,1H3. The van der Waals surface area contributed by atoms with Gasteiger partial charge in [-0.25, -0.2) is 4.98 Å². The summed E-state index contributed by atoms with van der Waals surface area (Å²) in [5.41, 5.74) is 2.99. The van der Waals surface area contributed by atoms with Crippen molar-refractivity contribution in [2.75, 3.05) is 0 Å². The summed E-state index contributed by atoms with van der Waals surface area (Å²) in [7, 11) is 0. The van der Waals surface area contributed by atoms with Crippen molar-refractivity contribution in [2.45, 2.75) is 38.3 Å². The maximum Gasteiger partial charge on any atom is 0.106 e. The van der Waals surface area contributed by atoms with Gasteiger partial charge in [-0.05, 0) is 29.9 Å². The lowest BCUT2D eigenvalue weighted by Crippen LogP contribution is -2.25. The second-order valence-corrected chi connectivity index (χ2v) is 5.95. The van der Waals surface area contributed by atoms with Gasteiger partial charge >= 0.3 is 0 Å². The fraction of sp³-hybridized carbons (Fsp3) is 0.400. The van der Waals surface area contributed by atoms with Crippen molar-refractivity contribution in [1.82, 2.24) is 10.3 Å². The first-order chi connectivity index (χ1) is 8.84. The van der Waals surface area contributed by atoms with Crippen LogP contribution >= 0.6 is 11.3 Å². The molecule has 0 bridgehead atoms. The minimum Gasteiger partial charge on any atom is -0.304 e. The minimum atomic E-state index is 0.487. The number of hydrogen-bond donors (Lipinski definition) is 1. The van der Waals surface area contributed by atoms with Crippen LogP contribution in [0.25, 0.3) is 0 Å². The van der Waals surface area contributed by atoms with Gasteiger partial charge in [-0.15, -0.1) is 11.3 Å². The highest BCUT2D eigenvalue weighted by molar-refractivity contribution is 7.09.